The Morgan fingerprint density at radius 2 is 1.84 bits per heavy atom. The minimum absolute atomic E-state index is 0. The molecule has 1 atom stereocenters. The Morgan fingerprint density at radius 3 is 2.45 bits per heavy atom. The van der Waals surface area contributed by atoms with Crippen LogP contribution in [0.1, 0.15) is 23.6 Å². The van der Waals surface area contributed by atoms with Crippen LogP contribution in [0.15, 0.2) is 47.6 Å². The summed E-state index contributed by atoms with van der Waals surface area (Å²) in [5.74, 6) is 1.48. The highest BCUT2D eigenvalue weighted by Gasteiger charge is 2.29. The van der Waals surface area contributed by atoms with Crippen LogP contribution in [-0.2, 0) is 24.0 Å². The zero-order valence-electron chi connectivity index (χ0n) is 17.4. The number of hydrogen-bond acceptors (Lipinski definition) is 4. The Morgan fingerprint density at radius 1 is 1.16 bits per heavy atom. The number of benzene rings is 1. The van der Waals surface area contributed by atoms with Crippen molar-refractivity contribution in [2.45, 2.75) is 32.3 Å². The summed E-state index contributed by atoms with van der Waals surface area (Å²) in [4.78, 5) is 10.8. The molecule has 1 aromatic heterocycles. The fourth-order valence-corrected chi connectivity index (χ4v) is 3.17. The number of hydrogen-bond donors (Lipinski definition) is 2. The number of aromatic nitrogens is 1. The number of aliphatic imine (C=N–C) groups is 1. The van der Waals surface area contributed by atoms with Gasteiger partial charge in [-0.05, 0) is 42.3 Å². The average molecular weight is 549 g/mol. The molecule has 0 saturated carbocycles. The number of morpholine rings is 1. The highest BCUT2D eigenvalue weighted by Crippen LogP contribution is 2.29. The number of anilines is 1. The molecule has 0 radical (unpaired) electrons. The maximum atomic E-state index is 12.7. The van der Waals surface area contributed by atoms with Crippen LogP contribution in [0.5, 0.6) is 0 Å². The summed E-state index contributed by atoms with van der Waals surface area (Å²) < 4.78 is 43.6. The summed E-state index contributed by atoms with van der Waals surface area (Å²) >= 11 is 0. The molecule has 2 N–H and O–H groups in total. The molecule has 0 bridgehead atoms. The molecule has 31 heavy (non-hydrogen) atoms. The fraction of sp³-hybridized carbons (Fsp3) is 0.429. The van der Waals surface area contributed by atoms with E-state index in [0.717, 1.165) is 42.2 Å². The van der Waals surface area contributed by atoms with Crippen molar-refractivity contribution in [2.75, 3.05) is 31.6 Å². The standard InChI is InChI=1S/C21H26F3N5O.HI/c1-15-14-29(9-10-30-15)19-11-17(7-8-26-19)13-28-20(25-2)27-12-16-3-5-18(6-4-16)21(22,23)24;/h3-8,11,15H,9-10,12-14H2,1-2H3,(H2,25,27,28);1H. The minimum atomic E-state index is -4.33. The van der Waals surface area contributed by atoms with E-state index in [1.54, 1.807) is 13.2 Å². The smallest absolute Gasteiger partial charge is 0.375 e. The minimum Gasteiger partial charge on any atom is -0.375 e. The molecule has 3 rings (SSSR count). The van der Waals surface area contributed by atoms with Gasteiger partial charge in [0.2, 0.25) is 0 Å². The third kappa shape index (κ3) is 7.53. The van der Waals surface area contributed by atoms with Gasteiger partial charge >= 0.3 is 6.18 Å². The number of rotatable bonds is 5. The highest BCUT2D eigenvalue weighted by molar-refractivity contribution is 14.0. The lowest BCUT2D eigenvalue weighted by atomic mass is 10.1. The van der Waals surface area contributed by atoms with E-state index >= 15 is 0 Å². The van der Waals surface area contributed by atoms with Crippen molar-refractivity contribution >= 4 is 35.8 Å². The molecule has 1 aliphatic heterocycles. The molecule has 2 aromatic rings. The van der Waals surface area contributed by atoms with Crippen LogP contribution in [0.2, 0.25) is 0 Å². The first-order chi connectivity index (χ1) is 14.3. The van der Waals surface area contributed by atoms with Crippen LogP contribution < -0.4 is 15.5 Å². The second-order valence-electron chi connectivity index (χ2n) is 7.12. The van der Waals surface area contributed by atoms with Gasteiger partial charge in [-0.3, -0.25) is 4.99 Å². The van der Waals surface area contributed by atoms with E-state index < -0.39 is 11.7 Å². The normalized spacial score (nSPS) is 17.1. The number of halogens is 4. The molecule has 0 aliphatic carbocycles. The van der Waals surface area contributed by atoms with E-state index in [2.05, 4.69) is 25.5 Å². The Bertz CT molecular complexity index is 861. The van der Waals surface area contributed by atoms with Crippen molar-refractivity contribution in [1.82, 2.24) is 15.6 Å². The van der Waals surface area contributed by atoms with Crippen LogP contribution >= 0.6 is 24.0 Å². The Kier molecular flexibility index (Phi) is 9.35. The van der Waals surface area contributed by atoms with Gasteiger partial charge in [0.05, 0.1) is 18.3 Å². The Hall–Kier alpha value is -2.08. The molecule has 1 fully saturated rings. The number of alkyl halides is 3. The van der Waals surface area contributed by atoms with Crippen molar-refractivity contribution in [1.29, 1.82) is 0 Å². The first-order valence-corrected chi connectivity index (χ1v) is 9.77. The molecule has 6 nitrogen and oxygen atoms in total. The summed E-state index contributed by atoms with van der Waals surface area (Å²) in [7, 11) is 1.65. The number of nitrogens with one attached hydrogen (secondary N) is 2. The number of ether oxygens (including phenoxy) is 1. The van der Waals surface area contributed by atoms with Gasteiger partial charge in [0.25, 0.3) is 0 Å². The lowest BCUT2D eigenvalue weighted by Gasteiger charge is -2.32. The van der Waals surface area contributed by atoms with Crippen LogP contribution in [-0.4, -0.2) is 43.8 Å². The SMILES string of the molecule is CN=C(NCc1ccc(C(F)(F)F)cc1)NCc1ccnc(N2CCOC(C)C2)c1.I. The van der Waals surface area contributed by atoms with Gasteiger partial charge in [0.1, 0.15) is 5.82 Å². The second-order valence-corrected chi connectivity index (χ2v) is 7.12. The predicted octanol–water partition coefficient (Wildman–Crippen LogP) is 3.81. The van der Waals surface area contributed by atoms with Crippen molar-refractivity contribution in [2.24, 2.45) is 4.99 Å². The molecule has 2 heterocycles. The van der Waals surface area contributed by atoms with Crippen molar-refractivity contribution in [3.63, 3.8) is 0 Å². The molecule has 1 aromatic carbocycles. The number of nitrogens with zero attached hydrogens (tertiary/aromatic N) is 3. The lowest BCUT2D eigenvalue weighted by molar-refractivity contribution is -0.137. The maximum Gasteiger partial charge on any atom is 0.416 e. The summed E-state index contributed by atoms with van der Waals surface area (Å²) in [6, 6.07) is 9.05. The van der Waals surface area contributed by atoms with Crippen LogP contribution in [0, 0.1) is 0 Å². The van der Waals surface area contributed by atoms with Gasteiger partial charge in [0, 0.05) is 39.4 Å². The van der Waals surface area contributed by atoms with E-state index in [-0.39, 0.29) is 30.1 Å². The van der Waals surface area contributed by atoms with Gasteiger partial charge in [0.15, 0.2) is 5.96 Å². The first-order valence-electron chi connectivity index (χ1n) is 9.77. The van der Waals surface area contributed by atoms with Gasteiger partial charge in [-0.2, -0.15) is 13.2 Å². The maximum absolute atomic E-state index is 12.7. The average Bonchev–Trinajstić information content (AvgIpc) is 2.74. The predicted molar refractivity (Wildman–Crippen MR) is 126 cm³/mol. The molecule has 0 spiro atoms. The molecule has 1 unspecified atom stereocenters. The first kappa shape index (κ1) is 25.2. The number of guanidine groups is 1. The Labute approximate surface area is 197 Å². The second kappa shape index (κ2) is 11.5. The van der Waals surface area contributed by atoms with E-state index in [9.17, 15) is 13.2 Å². The van der Waals surface area contributed by atoms with Crippen LogP contribution in [0.3, 0.4) is 0 Å². The quantitative estimate of drug-likeness (QED) is 0.338. The molecule has 1 aliphatic rings. The highest BCUT2D eigenvalue weighted by atomic mass is 127. The van der Waals surface area contributed by atoms with Crippen molar-refractivity contribution in [3.05, 3.63) is 59.3 Å². The fourth-order valence-electron chi connectivity index (χ4n) is 3.17. The largest absolute Gasteiger partial charge is 0.416 e. The van der Waals surface area contributed by atoms with E-state index in [4.69, 9.17) is 4.74 Å². The molecule has 0 amide bonds. The van der Waals surface area contributed by atoms with Gasteiger partial charge < -0.3 is 20.3 Å². The summed E-state index contributed by atoms with van der Waals surface area (Å²) in [5, 5.41) is 6.33. The topological polar surface area (TPSA) is 61.8 Å². The van der Waals surface area contributed by atoms with E-state index in [1.165, 1.54) is 12.1 Å². The van der Waals surface area contributed by atoms with Gasteiger partial charge in [-0.15, -0.1) is 24.0 Å². The lowest BCUT2D eigenvalue weighted by Crippen LogP contribution is -2.41. The zero-order valence-corrected chi connectivity index (χ0v) is 19.8. The van der Waals surface area contributed by atoms with E-state index in [1.807, 2.05) is 19.1 Å². The molecule has 10 heteroatoms. The molecule has 1 saturated heterocycles. The third-order valence-electron chi connectivity index (χ3n) is 4.80. The summed E-state index contributed by atoms with van der Waals surface area (Å²) in [6.45, 7) is 5.26. The third-order valence-corrected chi connectivity index (χ3v) is 4.80. The summed E-state index contributed by atoms with van der Waals surface area (Å²) in [6.07, 6.45) is -2.37. The monoisotopic (exact) mass is 549 g/mol. The number of pyridine rings is 1. The zero-order chi connectivity index (χ0) is 21.6. The van der Waals surface area contributed by atoms with Crippen LogP contribution in [0.4, 0.5) is 19.0 Å². The van der Waals surface area contributed by atoms with Crippen molar-refractivity contribution < 1.29 is 17.9 Å². The van der Waals surface area contributed by atoms with Crippen molar-refractivity contribution in [3.8, 4) is 0 Å². The van der Waals surface area contributed by atoms with E-state index in [0.29, 0.717) is 25.7 Å². The Balaban J connectivity index is 0.00000341. The van der Waals surface area contributed by atoms with Gasteiger partial charge in [-0.1, -0.05) is 12.1 Å². The molecular formula is C21H27F3IN5O. The molecular weight excluding hydrogens is 522 g/mol. The van der Waals surface area contributed by atoms with Gasteiger partial charge in [-0.25, -0.2) is 4.98 Å². The van der Waals surface area contributed by atoms with Crippen LogP contribution in [0.25, 0.3) is 0 Å². The summed E-state index contributed by atoms with van der Waals surface area (Å²) in [5.41, 5.74) is 1.13. The molecule has 170 valence electrons.